The molecule has 0 aromatic rings. The Morgan fingerprint density at radius 1 is 1.60 bits per heavy atom. The predicted octanol–water partition coefficient (Wildman–Crippen LogP) is -3.51. The van der Waals surface area contributed by atoms with Crippen molar-refractivity contribution in [1.29, 1.82) is 0 Å². The number of rotatable bonds is 3. The van der Waals surface area contributed by atoms with Gasteiger partial charge >= 0.3 is 29.6 Å². The van der Waals surface area contributed by atoms with Gasteiger partial charge in [-0.25, -0.2) is 8.42 Å². The summed E-state index contributed by atoms with van der Waals surface area (Å²) in [6, 6.07) is 0. The number of hydrogen-bond acceptors (Lipinski definition) is 4. The predicted molar refractivity (Wildman–Crippen MR) is 32.8 cm³/mol. The van der Waals surface area contributed by atoms with Crippen molar-refractivity contribution in [2.75, 3.05) is 6.54 Å². The van der Waals surface area contributed by atoms with Gasteiger partial charge in [0.25, 0.3) is 0 Å². The Hall–Kier alpha value is 0.870. The molecule has 0 aromatic carbocycles. The Kier molecular flexibility index (Phi) is 7.42. The van der Waals surface area contributed by atoms with E-state index >= 15 is 0 Å². The molecule has 56 valence electrons. The van der Waals surface area contributed by atoms with Crippen LogP contribution in [-0.4, -0.2) is 24.9 Å². The topological polar surface area (TPSA) is 69.2 Å². The Morgan fingerprint density at radius 3 is 2.10 bits per heavy atom. The summed E-state index contributed by atoms with van der Waals surface area (Å²) < 4.78 is 30.3. The standard InChI is InChI=1S/C4H11NO3S.Na/c1-3-5-4(2)9(6,7)8;/h4-5H,3H2,1-2H3,(H,6,7,8);/q;+1/p-1. The second-order valence-corrected chi connectivity index (χ2v) is 3.39. The molecule has 10 heavy (non-hydrogen) atoms. The minimum Gasteiger partial charge on any atom is -0.747 e. The maximum atomic E-state index is 10.1. The van der Waals surface area contributed by atoms with Crippen molar-refractivity contribution in [3.63, 3.8) is 0 Å². The first kappa shape index (κ1) is 13.5. The normalized spacial score (nSPS) is 13.9. The largest absolute Gasteiger partial charge is 1.00 e. The van der Waals surface area contributed by atoms with Crippen molar-refractivity contribution < 1.29 is 42.5 Å². The van der Waals surface area contributed by atoms with Crippen LogP contribution in [0.4, 0.5) is 0 Å². The third kappa shape index (κ3) is 5.64. The first-order chi connectivity index (χ1) is 3.98. The monoisotopic (exact) mass is 175 g/mol. The molecule has 0 heterocycles. The number of hydrogen-bond donors (Lipinski definition) is 1. The van der Waals surface area contributed by atoms with E-state index in [-0.39, 0.29) is 29.6 Å². The van der Waals surface area contributed by atoms with Gasteiger partial charge in [-0.3, -0.25) is 0 Å². The van der Waals surface area contributed by atoms with Crippen molar-refractivity contribution >= 4 is 10.1 Å². The second-order valence-electron chi connectivity index (χ2n) is 1.69. The summed E-state index contributed by atoms with van der Waals surface area (Å²) in [4.78, 5) is 0. The van der Waals surface area contributed by atoms with E-state index < -0.39 is 15.5 Å². The Balaban J connectivity index is 0. The van der Waals surface area contributed by atoms with E-state index in [1.165, 1.54) is 6.92 Å². The molecule has 0 aliphatic heterocycles. The fourth-order valence-corrected chi connectivity index (χ4v) is 0.760. The fraction of sp³-hybridized carbons (Fsp3) is 1.00. The third-order valence-electron chi connectivity index (χ3n) is 0.925. The van der Waals surface area contributed by atoms with Crippen molar-refractivity contribution in [1.82, 2.24) is 5.32 Å². The smallest absolute Gasteiger partial charge is 0.747 e. The maximum absolute atomic E-state index is 10.1. The zero-order valence-electron chi connectivity index (χ0n) is 6.42. The zero-order chi connectivity index (χ0) is 7.49. The molecule has 0 rings (SSSR count). The maximum Gasteiger partial charge on any atom is 1.00 e. The first-order valence-electron chi connectivity index (χ1n) is 2.66. The van der Waals surface area contributed by atoms with Crippen molar-refractivity contribution in [2.45, 2.75) is 19.2 Å². The molecule has 4 nitrogen and oxygen atoms in total. The summed E-state index contributed by atoms with van der Waals surface area (Å²) >= 11 is 0. The summed E-state index contributed by atoms with van der Waals surface area (Å²) in [5.74, 6) is 0. The first-order valence-corrected chi connectivity index (χ1v) is 4.13. The van der Waals surface area contributed by atoms with Crippen LogP contribution < -0.4 is 34.9 Å². The Morgan fingerprint density at radius 2 is 2.00 bits per heavy atom. The summed E-state index contributed by atoms with van der Waals surface area (Å²) in [6.07, 6.45) is 0. The van der Waals surface area contributed by atoms with Gasteiger partial charge in [0.1, 0.15) is 10.1 Å². The van der Waals surface area contributed by atoms with Crippen LogP contribution >= 0.6 is 0 Å². The van der Waals surface area contributed by atoms with E-state index in [0.717, 1.165) is 0 Å². The molecule has 6 heteroatoms. The Labute approximate surface area is 83.4 Å². The molecule has 0 aromatic heterocycles. The molecule has 0 aliphatic rings. The molecule has 0 fully saturated rings. The van der Waals surface area contributed by atoms with E-state index in [1.807, 2.05) is 0 Å². The fourth-order valence-electron chi connectivity index (χ4n) is 0.390. The second kappa shape index (κ2) is 5.51. The summed E-state index contributed by atoms with van der Waals surface area (Å²) in [5, 5.41) is 1.52. The van der Waals surface area contributed by atoms with Crippen LogP contribution in [-0.2, 0) is 10.1 Å². The van der Waals surface area contributed by atoms with Crippen LogP contribution in [0.1, 0.15) is 13.8 Å². The molecular weight excluding hydrogens is 165 g/mol. The van der Waals surface area contributed by atoms with Gasteiger partial charge in [0.15, 0.2) is 0 Å². The van der Waals surface area contributed by atoms with Crippen molar-refractivity contribution in [3.05, 3.63) is 0 Å². The van der Waals surface area contributed by atoms with Crippen LogP contribution in [0.25, 0.3) is 0 Å². The van der Waals surface area contributed by atoms with E-state index in [0.29, 0.717) is 6.54 Å². The van der Waals surface area contributed by atoms with Gasteiger partial charge in [-0.2, -0.15) is 0 Å². The quantitative estimate of drug-likeness (QED) is 0.357. The molecule has 1 unspecified atom stereocenters. The average Bonchev–Trinajstić information content (AvgIpc) is 1.64. The zero-order valence-corrected chi connectivity index (χ0v) is 9.23. The van der Waals surface area contributed by atoms with Gasteiger partial charge in [0, 0.05) is 0 Å². The summed E-state index contributed by atoms with van der Waals surface area (Å²) in [6.45, 7) is 3.55. The van der Waals surface area contributed by atoms with Gasteiger partial charge in [-0.1, -0.05) is 6.92 Å². The van der Waals surface area contributed by atoms with Crippen LogP contribution in [0.15, 0.2) is 0 Å². The van der Waals surface area contributed by atoms with Crippen LogP contribution in [0.2, 0.25) is 0 Å². The van der Waals surface area contributed by atoms with Crippen LogP contribution in [0.3, 0.4) is 0 Å². The molecule has 0 bridgehead atoms. The van der Waals surface area contributed by atoms with Crippen molar-refractivity contribution in [3.8, 4) is 0 Å². The third-order valence-corrected chi connectivity index (χ3v) is 1.96. The molecule has 0 spiro atoms. The van der Waals surface area contributed by atoms with Crippen LogP contribution in [0, 0.1) is 0 Å². The molecule has 0 aliphatic carbocycles. The number of nitrogens with one attached hydrogen (secondary N) is 1. The minimum absolute atomic E-state index is 0. The van der Waals surface area contributed by atoms with E-state index in [4.69, 9.17) is 0 Å². The van der Waals surface area contributed by atoms with Gasteiger partial charge in [0.2, 0.25) is 0 Å². The van der Waals surface area contributed by atoms with Gasteiger partial charge < -0.3 is 9.87 Å². The Bertz CT molecular complexity index is 167. The van der Waals surface area contributed by atoms with E-state index in [9.17, 15) is 13.0 Å². The molecular formula is C4H10NNaO3S. The van der Waals surface area contributed by atoms with Gasteiger partial charge in [-0.15, -0.1) is 0 Å². The van der Waals surface area contributed by atoms with Crippen molar-refractivity contribution in [2.24, 2.45) is 0 Å². The minimum atomic E-state index is -4.13. The average molecular weight is 175 g/mol. The molecule has 0 saturated carbocycles. The van der Waals surface area contributed by atoms with Crippen LogP contribution in [0.5, 0.6) is 0 Å². The molecule has 1 atom stereocenters. The van der Waals surface area contributed by atoms with Gasteiger partial charge in [0.05, 0.1) is 5.37 Å². The SMILES string of the molecule is CCNC(C)S(=O)(=O)[O-].[Na+]. The van der Waals surface area contributed by atoms with E-state index in [2.05, 4.69) is 5.32 Å². The summed E-state index contributed by atoms with van der Waals surface area (Å²) in [5.41, 5.74) is 0. The molecule has 0 saturated heterocycles. The van der Waals surface area contributed by atoms with Gasteiger partial charge in [-0.05, 0) is 13.5 Å². The molecule has 0 amide bonds. The summed E-state index contributed by atoms with van der Waals surface area (Å²) in [7, 11) is -4.13. The molecule has 1 N–H and O–H groups in total. The van der Waals surface area contributed by atoms with E-state index in [1.54, 1.807) is 6.92 Å². The molecule has 0 radical (unpaired) electrons.